The Bertz CT molecular complexity index is 1250. The van der Waals surface area contributed by atoms with E-state index in [0.29, 0.717) is 22.3 Å². The Kier molecular flexibility index (Phi) is 7.06. The number of hydrogen-bond acceptors (Lipinski definition) is 4. The lowest BCUT2D eigenvalue weighted by molar-refractivity contribution is 0.0776. The molecule has 3 heterocycles. The first kappa shape index (κ1) is 24.2. The third-order valence-electron chi connectivity index (χ3n) is 7.22. The van der Waals surface area contributed by atoms with Crippen LogP contribution in [0.15, 0.2) is 73.1 Å². The van der Waals surface area contributed by atoms with E-state index < -0.39 is 5.41 Å². The van der Waals surface area contributed by atoms with E-state index >= 15 is 0 Å². The Morgan fingerprint density at radius 3 is 2.51 bits per heavy atom. The summed E-state index contributed by atoms with van der Waals surface area (Å²) in [5.41, 5.74) is 3.09. The number of allylic oxidation sites excluding steroid dienone is 1. The summed E-state index contributed by atoms with van der Waals surface area (Å²) < 4.78 is 0. The van der Waals surface area contributed by atoms with E-state index in [0.717, 1.165) is 48.6 Å². The number of anilines is 1. The quantitative estimate of drug-likeness (QED) is 0.276. The zero-order chi connectivity index (χ0) is 24.4. The van der Waals surface area contributed by atoms with Gasteiger partial charge in [-0.25, -0.2) is 4.98 Å². The molecule has 2 aliphatic heterocycles. The van der Waals surface area contributed by atoms with Crippen molar-refractivity contribution in [2.75, 3.05) is 25.0 Å². The van der Waals surface area contributed by atoms with E-state index in [1.165, 1.54) is 5.56 Å². The number of likely N-dealkylation sites (tertiary alicyclic amines) is 1. The van der Waals surface area contributed by atoms with Crippen molar-refractivity contribution in [3.05, 3.63) is 105 Å². The van der Waals surface area contributed by atoms with E-state index in [-0.39, 0.29) is 11.7 Å². The van der Waals surface area contributed by atoms with Crippen molar-refractivity contribution in [3.63, 3.8) is 0 Å². The summed E-state index contributed by atoms with van der Waals surface area (Å²) in [7, 11) is 0. The van der Waals surface area contributed by atoms with Crippen molar-refractivity contribution in [2.24, 2.45) is 5.92 Å². The van der Waals surface area contributed by atoms with Crippen LogP contribution in [0.3, 0.4) is 0 Å². The van der Waals surface area contributed by atoms with E-state index in [9.17, 15) is 4.79 Å². The van der Waals surface area contributed by atoms with E-state index in [2.05, 4.69) is 39.6 Å². The van der Waals surface area contributed by atoms with Crippen LogP contribution in [0, 0.1) is 5.92 Å². The highest BCUT2D eigenvalue weighted by Gasteiger charge is 2.51. The Balaban J connectivity index is 1.36. The number of carbonyl (C=O) groups is 1. The molecule has 3 aromatic rings. The second-order valence-electron chi connectivity index (χ2n) is 9.24. The van der Waals surface area contributed by atoms with E-state index in [4.69, 9.17) is 34.8 Å². The van der Waals surface area contributed by atoms with Gasteiger partial charge in [0.1, 0.15) is 5.15 Å². The number of nitrogens with one attached hydrogen (secondary N) is 1. The van der Waals surface area contributed by atoms with Crippen molar-refractivity contribution in [1.29, 1.82) is 0 Å². The second kappa shape index (κ2) is 10.2. The molecule has 35 heavy (non-hydrogen) atoms. The van der Waals surface area contributed by atoms with Crippen LogP contribution in [-0.2, 0) is 11.8 Å². The van der Waals surface area contributed by atoms with Gasteiger partial charge >= 0.3 is 0 Å². The molecule has 0 amide bonds. The highest BCUT2D eigenvalue weighted by Crippen LogP contribution is 2.48. The van der Waals surface area contributed by atoms with Crippen LogP contribution >= 0.6 is 34.8 Å². The van der Waals surface area contributed by atoms with Gasteiger partial charge in [0.15, 0.2) is 5.78 Å². The smallest absolute Gasteiger partial charge is 0.175 e. The van der Waals surface area contributed by atoms with Crippen molar-refractivity contribution in [1.82, 2.24) is 9.88 Å². The summed E-state index contributed by atoms with van der Waals surface area (Å²) in [6, 6.07) is 17.2. The fraction of sp³-hybridized carbons (Fsp3) is 0.286. The third-order valence-corrected chi connectivity index (χ3v) is 7.92. The minimum atomic E-state index is -0.690. The Morgan fingerprint density at radius 1 is 1.03 bits per heavy atom. The number of nitrogens with zero attached hydrogens (tertiary/aromatic N) is 2. The molecule has 1 atom stereocenters. The lowest BCUT2D eigenvalue weighted by atomic mass is 9.64. The highest BCUT2D eigenvalue weighted by atomic mass is 35.5. The molecule has 1 unspecified atom stereocenters. The van der Waals surface area contributed by atoms with Crippen molar-refractivity contribution < 1.29 is 4.79 Å². The van der Waals surface area contributed by atoms with E-state index in [1.54, 1.807) is 18.3 Å². The standard InChI is InChI=1S/C28H26Cl3N3O/c29-22-5-3-19(4-6-22)2-1-13-34-14-10-21(11-15-34)28(27(35)20-9-12-32-26(31)16-20)18-33-25-8-7-23(30)17-24(25)28/h1,3-9,12-13,16-17,21,33H,2,10-11,14-15,18H2. The van der Waals surface area contributed by atoms with Gasteiger partial charge in [-0.1, -0.05) is 53.0 Å². The largest absolute Gasteiger partial charge is 0.383 e. The third kappa shape index (κ3) is 4.93. The number of rotatable bonds is 6. The van der Waals surface area contributed by atoms with Crippen LogP contribution in [0.1, 0.15) is 34.3 Å². The molecule has 1 saturated heterocycles. The number of Topliss-reactive ketones (excluding diaryl/α,β-unsaturated/α-hetero) is 1. The average molecular weight is 527 g/mol. The lowest BCUT2D eigenvalue weighted by Gasteiger charge is -2.41. The number of pyridine rings is 1. The summed E-state index contributed by atoms with van der Waals surface area (Å²) in [5, 5.41) is 5.20. The summed E-state index contributed by atoms with van der Waals surface area (Å²) in [4.78, 5) is 20.5. The van der Waals surface area contributed by atoms with Gasteiger partial charge in [-0.05, 0) is 85.0 Å². The molecule has 1 N–H and O–H groups in total. The minimum absolute atomic E-state index is 0.0760. The number of hydrogen-bond donors (Lipinski definition) is 1. The fourth-order valence-electron chi connectivity index (χ4n) is 5.42. The Hall–Kier alpha value is -2.53. The molecular formula is C28H26Cl3N3O. The van der Waals surface area contributed by atoms with Gasteiger partial charge in [0.25, 0.3) is 0 Å². The number of piperidine rings is 1. The van der Waals surface area contributed by atoms with Gasteiger partial charge in [-0.3, -0.25) is 4.79 Å². The zero-order valence-corrected chi connectivity index (χ0v) is 21.5. The lowest BCUT2D eigenvalue weighted by Crippen LogP contribution is -2.49. The first-order valence-electron chi connectivity index (χ1n) is 11.8. The monoisotopic (exact) mass is 525 g/mol. The molecule has 180 valence electrons. The van der Waals surface area contributed by atoms with Crippen LogP contribution in [0.4, 0.5) is 5.69 Å². The van der Waals surface area contributed by atoms with Gasteiger partial charge in [-0.2, -0.15) is 0 Å². The molecule has 0 aliphatic carbocycles. The summed E-state index contributed by atoms with van der Waals surface area (Å²) in [6.45, 7) is 2.34. The van der Waals surface area contributed by atoms with Crippen LogP contribution in [0.5, 0.6) is 0 Å². The van der Waals surface area contributed by atoms with Crippen LogP contribution in [0.2, 0.25) is 15.2 Å². The minimum Gasteiger partial charge on any atom is -0.383 e. The zero-order valence-electron chi connectivity index (χ0n) is 19.2. The molecule has 2 aliphatic rings. The molecule has 4 nitrogen and oxygen atoms in total. The highest BCUT2D eigenvalue weighted by molar-refractivity contribution is 6.31. The van der Waals surface area contributed by atoms with Crippen LogP contribution in [-0.4, -0.2) is 35.3 Å². The van der Waals surface area contributed by atoms with Crippen LogP contribution in [0.25, 0.3) is 0 Å². The number of benzene rings is 2. The molecule has 2 aromatic carbocycles. The molecule has 0 radical (unpaired) electrons. The Morgan fingerprint density at radius 2 is 1.77 bits per heavy atom. The number of aromatic nitrogens is 1. The summed E-state index contributed by atoms with van der Waals surface area (Å²) >= 11 is 18.5. The molecule has 0 saturated carbocycles. The van der Waals surface area contributed by atoms with Crippen molar-refractivity contribution >= 4 is 46.3 Å². The number of fused-ring (bicyclic) bond motifs is 1. The first-order chi connectivity index (χ1) is 17.0. The molecule has 7 heteroatoms. The van der Waals surface area contributed by atoms with E-state index in [1.807, 2.05) is 30.3 Å². The van der Waals surface area contributed by atoms with Gasteiger partial charge < -0.3 is 10.2 Å². The van der Waals surface area contributed by atoms with Gasteiger partial charge in [0.2, 0.25) is 0 Å². The maximum atomic E-state index is 14.1. The maximum absolute atomic E-state index is 14.1. The number of halogens is 3. The first-order valence-corrected chi connectivity index (χ1v) is 12.9. The normalized spacial score (nSPS) is 20.1. The molecule has 1 fully saturated rings. The summed E-state index contributed by atoms with van der Waals surface area (Å²) in [6.07, 6.45) is 8.64. The topological polar surface area (TPSA) is 45.2 Å². The molecule has 0 bridgehead atoms. The molecular weight excluding hydrogens is 501 g/mol. The SMILES string of the molecule is O=C(c1ccnc(Cl)c1)C1(C2CCN(C=CCc3ccc(Cl)cc3)CC2)CNc2ccc(Cl)cc21. The molecule has 5 rings (SSSR count). The van der Waals surface area contributed by atoms with Gasteiger partial charge in [0.05, 0.1) is 5.41 Å². The predicted octanol–water partition coefficient (Wildman–Crippen LogP) is 7.06. The predicted molar refractivity (Wildman–Crippen MR) is 144 cm³/mol. The summed E-state index contributed by atoms with van der Waals surface area (Å²) in [5.74, 6) is 0.252. The molecule has 0 spiro atoms. The number of carbonyl (C=O) groups excluding carboxylic acids is 1. The van der Waals surface area contributed by atoms with Gasteiger partial charge in [-0.15, -0.1) is 0 Å². The fourth-order valence-corrected chi connectivity index (χ4v) is 5.89. The van der Waals surface area contributed by atoms with Crippen molar-refractivity contribution in [3.8, 4) is 0 Å². The average Bonchev–Trinajstić information content (AvgIpc) is 3.24. The van der Waals surface area contributed by atoms with Crippen LogP contribution < -0.4 is 5.32 Å². The second-order valence-corrected chi connectivity index (χ2v) is 10.5. The number of ketones is 1. The molecule has 1 aromatic heterocycles. The Labute approximate surface area is 220 Å². The maximum Gasteiger partial charge on any atom is 0.175 e. The van der Waals surface area contributed by atoms with Crippen molar-refractivity contribution in [2.45, 2.75) is 24.7 Å². The van der Waals surface area contributed by atoms with Gasteiger partial charge in [0, 0.05) is 47.1 Å².